The van der Waals surface area contributed by atoms with Crippen molar-refractivity contribution in [1.82, 2.24) is 19.9 Å². The molecule has 0 spiro atoms. The Hall–Kier alpha value is -3.81. The Morgan fingerprint density at radius 3 is 2.83 bits per heavy atom. The highest BCUT2D eigenvalue weighted by molar-refractivity contribution is 5.82. The number of nitrogens with one attached hydrogen (secondary N) is 2. The van der Waals surface area contributed by atoms with Crippen LogP contribution in [0, 0.1) is 11.6 Å². The molecule has 30 heavy (non-hydrogen) atoms. The van der Waals surface area contributed by atoms with Gasteiger partial charge in [0.25, 0.3) is 0 Å². The van der Waals surface area contributed by atoms with Gasteiger partial charge in [0, 0.05) is 17.6 Å². The molecule has 2 aromatic carbocycles. The summed E-state index contributed by atoms with van der Waals surface area (Å²) >= 11 is 0. The summed E-state index contributed by atoms with van der Waals surface area (Å²) in [7, 11) is 0. The van der Waals surface area contributed by atoms with Gasteiger partial charge < -0.3 is 15.0 Å². The molecule has 1 unspecified atom stereocenters. The molecule has 0 saturated heterocycles. The molecule has 6 nitrogen and oxygen atoms in total. The Morgan fingerprint density at radius 1 is 1.10 bits per heavy atom. The van der Waals surface area contributed by atoms with Gasteiger partial charge in [0.1, 0.15) is 35.0 Å². The highest BCUT2D eigenvalue weighted by Gasteiger charge is 2.27. The predicted molar refractivity (Wildman–Crippen MR) is 109 cm³/mol. The second-order valence-corrected chi connectivity index (χ2v) is 7.04. The number of fused-ring (bicyclic) bond motifs is 2. The number of aromatic nitrogens is 4. The Bertz CT molecular complexity index is 1280. The molecule has 1 aliphatic rings. The van der Waals surface area contributed by atoms with E-state index in [0.29, 0.717) is 45.2 Å². The number of halogens is 2. The number of imidazole rings is 1. The molecule has 0 bridgehead atoms. The van der Waals surface area contributed by atoms with Gasteiger partial charge in [-0.15, -0.1) is 0 Å². The van der Waals surface area contributed by atoms with E-state index in [1.54, 1.807) is 30.6 Å². The maximum Gasteiger partial charge on any atom is 0.182 e. The molecule has 1 atom stereocenters. The molecule has 2 N–H and O–H groups in total. The van der Waals surface area contributed by atoms with Crippen LogP contribution in [0.15, 0.2) is 60.9 Å². The first-order valence-electron chi connectivity index (χ1n) is 9.45. The van der Waals surface area contributed by atoms with Crippen LogP contribution in [0.3, 0.4) is 0 Å². The van der Waals surface area contributed by atoms with Crippen molar-refractivity contribution in [1.29, 1.82) is 0 Å². The van der Waals surface area contributed by atoms with Gasteiger partial charge in [-0.05, 0) is 36.8 Å². The van der Waals surface area contributed by atoms with Crippen molar-refractivity contribution in [2.24, 2.45) is 0 Å². The van der Waals surface area contributed by atoms with Gasteiger partial charge in [0.15, 0.2) is 11.5 Å². The highest BCUT2D eigenvalue weighted by Crippen LogP contribution is 2.38. The van der Waals surface area contributed by atoms with Crippen molar-refractivity contribution in [3.8, 4) is 5.75 Å². The number of anilines is 1. The molecule has 0 radical (unpaired) electrons. The molecule has 5 rings (SSSR count). The minimum Gasteiger partial charge on any atom is -0.459 e. The summed E-state index contributed by atoms with van der Waals surface area (Å²) in [6, 6.07) is 10.6. The number of rotatable bonds is 4. The average Bonchev–Trinajstić information content (AvgIpc) is 3.23. The van der Waals surface area contributed by atoms with Crippen LogP contribution in [-0.2, 0) is 6.42 Å². The Kier molecular flexibility index (Phi) is 4.39. The summed E-state index contributed by atoms with van der Waals surface area (Å²) in [5.41, 5.74) is 3.00. The van der Waals surface area contributed by atoms with Crippen LogP contribution in [0.4, 0.5) is 14.6 Å². The Morgan fingerprint density at radius 2 is 1.97 bits per heavy atom. The first-order valence-corrected chi connectivity index (χ1v) is 9.45. The van der Waals surface area contributed by atoms with Crippen LogP contribution in [0.25, 0.3) is 16.7 Å². The third-order valence-electron chi connectivity index (χ3n) is 5.09. The fourth-order valence-electron chi connectivity index (χ4n) is 3.67. The highest BCUT2D eigenvalue weighted by atomic mass is 19.1. The molecule has 1 aliphatic heterocycles. The van der Waals surface area contributed by atoms with Crippen molar-refractivity contribution in [3.63, 3.8) is 0 Å². The standard InChI is InChI=1S/C22H17F2N5O/c1-12(29-22-19-21(26-10-25-19)27-11-28-22)20-15(13-4-2-5-14(23)8-13)9-16-17(24)6-3-7-18(16)30-20/h2-8,10-12H,9H2,1H3,(H2,25,26,27,28,29). The molecule has 150 valence electrons. The van der Waals surface area contributed by atoms with Crippen LogP contribution >= 0.6 is 0 Å². The first kappa shape index (κ1) is 18.2. The molecule has 0 aliphatic carbocycles. The van der Waals surface area contributed by atoms with Gasteiger partial charge in [-0.25, -0.2) is 23.7 Å². The number of benzene rings is 2. The smallest absolute Gasteiger partial charge is 0.182 e. The van der Waals surface area contributed by atoms with Crippen LogP contribution in [-0.4, -0.2) is 26.0 Å². The molecule has 8 heteroatoms. The Labute approximate surface area is 170 Å². The SMILES string of the molecule is CC(Nc1ncnc2nc[nH]c12)C1=C(c2cccc(F)c2)Cc2c(F)cccc2O1. The molecule has 4 aromatic rings. The van der Waals surface area contributed by atoms with Gasteiger partial charge in [-0.2, -0.15) is 0 Å². The lowest BCUT2D eigenvalue weighted by molar-refractivity contribution is 0.382. The number of allylic oxidation sites excluding steroid dienone is 1. The lowest BCUT2D eigenvalue weighted by Gasteiger charge is -2.28. The van der Waals surface area contributed by atoms with Crippen LogP contribution in [0.2, 0.25) is 0 Å². The van der Waals surface area contributed by atoms with E-state index in [-0.39, 0.29) is 24.1 Å². The van der Waals surface area contributed by atoms with E-state index < -0.39 is 0 Å². The van der Waals surface area contributed by atoms with Crippen molar-refractivity contribution < 1.29 is 13.5 Å². The molecule has 0 saturated carbocycles. The van der Waals surface area contributed by atoms with Gasteiger partial charge in [-0.1, -0.05) is 18.2 Å². The zero-order valence-electron chi connectivity index (χ0n) is 16.0. The van der Waals surface area contributed by atoms with Gasteiger partial charge >= 0.3 is 0 Å². The molecule has 0 amide bonds. The quantitative estimate of drug-likeness (QED) is 0.524. The summed E-state index contributed by atoms with van der Waals surface area (Å²) < 4.78 is 34.5. The second-order valence-electron chi connectivity index (χ2n) is 7.04. The fourth-order valence-corrected chi connectivity index (χ4v) is 3.67. The maximum atomic E-state index is 14.4. The fraction of sp³-hybridized carbons (Fsp3) is 0.136. The summed E-state index contributed by atoms with van der Waals surface area (Å²) in [5.74, 6) is 0.869. The summed E-state index contributed by atoms with van der Waals surface area (Å²) in [4.78, 5) is 15.6. The van der Waals surface area contributed by atoms with Crippen molar-refractivity contribution in [2.75, 3.05) is 5.32 Å². The van der Waals surface area contributed by atoms with Crippen molar-refractivity contribution >= 4 is 22.6 Å². The first-order chi connectivity index (χ1) is 14.6. The molecule has 3 heterocycles. The van der Waals surface area contributed by atoms with E-state index in [4.69, 9.17) is 4.74 Å². The lowest BCUT2D eigenvalue weighted by atomic mass is 9.92. The maximum absolute atomic E-state index is 14.4. The van der Waals surface area contributed by atoms with Gasteiger partial charge in [-0.3, -0.25) is 0 Å². The summed E-state index contributed by atoms with van der Waals surface area (Å²) in [5, 5.41) is 3.31. The number of nitrogens with zero attached hydrogens (tertiary/aromatic N) is 3. The van der Waals surface area contributed by atoms with Crippen molar-refractivity contribution in [3.05, 3.63) is 83.6 Å². The average molecular weight is 405 g/mol. The monoisotopic (exact) mass is 405 g/mol. The third kappa shape index (κ3) is 3.16. The number of H-pyrrole nitrogens is 1. The number of hydrogen-bond acceptors (Lipinski definition) is 5. The minimum atomic E-state index is -0.366. The van der Waals surface area contributed by atoms with Crippen LogP contribution in [0.1, 0.15) is 18.1 Å². The normalized spacial score (nSPS) is 14.4. The zero-order chi connectivity index (χ0) is 20.7. The number of hydrogen-bond donors (Lipinski definition) is 2. The minimum absolute atomic E-state index is 0.288. The van der Waals surface area contributed by atoms with E-state index in [0.717, 1.165) is 0 Å². The molecular formula is C22H17F2N5O. The molecule has 0 fully saturated rings. The predicted octanol–water partition coefficient (Wildman–Crippen LogP) is 4.48. The summed E-state index contributed by atoms with van der Waals surface area (Å²) in [6.45, 7) is 1.91. The van der Waals surface area contributed by atoms with E-state index in [9.17, 15) is 8.78 Å². The van der Waals surface area contributed by atoms with E-state index in [1.807, 2.05) is 6.92 Å². The van der Waals surface area contributed by atoms with E-state index in [1.165, 1.54) is 24.5 Å². The third-order valence-corrected chi connectivity index (χ3v) is 5.09. The van der Waals surface area contributed by atoms with E-state index >= 15 is 0 Å². The topological polar surface area (TPSA) is 75.7 Å². The number of ether oxygens (including phenoxy) is 1. The van der Waals surface area contributed by atoms with Crippen molar-refractivity contribution in [2.45, 2.75) is 19.4 Å². The Balaban J connectivity index is 1.59. The van der Waals surface area contributed by atoms with Gasteiger partial charge in [0.2, 0.25) is 0 Å². The van der Waals surface area contributed by atoms with Crippen LogP contribution in [0.5, 0.6) is 5.75 Å². The van der Waals surface area contributed by atoms with Gasteiger partial charge in [0.05, 0.1) is 12.4 Å². The van der Waals surface area contributed by atoms with E-state index in [2.05, 4.69) is 25.3 Å². The second kappa shape index (κ2) is 7.22. The molecule has 2 aromatic heterocycles. The number of aromatic amines is 1. The lowest BCUT2D eigenvalue weighted by Crippen LogP contribution is -2.26. The summed E-state index contributed by atoms with van der Waals surface area (Å²) in [6.07, 6.45) is 3.26. The van der Waals surface area contributed by atoms with Crippen LogP contribution < -0.4 is 10.1 Å². The largest absolute Gasteiger partial charge is 0.459 e. The molecular weight excluding hydrogens is 388 g/mol. The zero-order valence-corrected chi connectivity index (χ0v) is 16.0.